The zero-order valence-corrected chi connectivity index (χ0v) is 12.5. The van der Waals surface area contributed by atoms with E-state index in [1.165, 1.54) is 6.42 Å². The number of anilines is 1. The Kier molecular flexibility index (Phi) is 6.05. The molecular weight excluding hydrogens is 254 g/mol. The molecule has 1 atom stereocenters. The molecule has 0 spiro atoms. The lowest BCUT2D eigenvalue weighted by Crippen LogP contribution is -2.26. The number of hydrogen-bond donors (Lipinski definition) is 1. The number of nitrogens with zero attached hydrogens (tertiary/aromatic N) is 2. The molecule has 1 aromatic rings. The van der Waals surface area contributed by atoms with Crippen LogP contribution in [0.4, 0.5) is 5.82 Å². The second kappa shape index (κ2) is 8.04. The van der Waals surface area contributed by atoms with Gasteiger partial charge in [0.05, 0.1) is 11.7 Å². The van der Waals surface area contributed by atoms with Crippen LogP contribution in [-0.2, 0) is 11.2 Å². The van der Waals surface area contributed by atoms with Gasteiger partial charge in [-0.2, -0.15) is 0 Å². The van der Waals surface area contributed by atoms with E-state index in [1.807, 2.05) is 0 Å². The highest BCUT2D eigenvalue weighted by atomic mass is 16.5. The highest BCUT2D eigenvalue weighted by molar-refractivity contribution is 5.48. The van der Waals surface area contributed by atoms with E-state index in [4.69, 9.17) is 9.47 Å². The molecule has 0 aliphatic carbocycles. The molecule has 2 rings (SSSR count). The maximum absolute atomic E-state index is 5.90. The van der Waals surface area contributed by atoms with Crippen LogP contribution in [0.25, 0.3) is 0 Å². The number of nitrogens with one attached hydrogen (secondary N) is 1. The van der Waals surface area contributed by atoms with Gasteiger partial charge in [-0.15, -0.1) is 0 Å². The van der Waals surface area contributed by atoms with Crippen LogP contribution < -0.4 is 10.1 Å². The lowest BCUT2D eigenvalue weighted by molar-refractivity contribution is -0.0121. The van der Waals surface area contributed by atoms with Gasteiger partial charge >= 0.3 is 0 Å². The fourth-order valence-corrected chi connectivity index (χ4v) is 2.43. The fourth-order valence-electron chi connectivity index (χ4n) is 2.43. The maximum Gasteiger partial charge on any atom is 0.221 e. The van der Waals surface area contributed by atoms with E-state index in [9.17, 15) is 0 Å². The van der Waals surface area contributed by atoms with Gasteiger partial charge < -0.3 is 14.8 Å². The number of rotatable bonds is 7. The normalized spacial score (nSPS) is 18.8. The van der Waals surface area contributed by atoms with Crippen molar-refractivity contribution >= 4 is 5.82 Å². The third-order valence-electron chi connectivity index (χ3n) is 3.43. The van der Waals surface area contributed by atoms with Gasteiger partial charge in [0.2, 0.25) is 5.88 Å². The van der Waals surface area contributed by atoms with E-state index in [0.717, 1.165) is 50.2 Å². The molecule has 0 aromatic carbocycles. The molecular formula is C15H25N3O2. The van der Waals surface area contributed by atoms with Crippen LogP contribution >= 0.6 is 0 Å². The number of aromatic nitrogens is 2. The van der Waals surface area contributed by atoms with Crippen LogP contribution in [0.15, 0.2) is 6.33 Å². The summed E-state index contributed by atoms with van der Waals surface area (Å²) < 4.78 is 11.6. The standard InChI is InChI=1S/C15H25N3O2/c1-3-7-13-14(16-4-2)17-11-18-15(13)20-10-12-8-5-6-9-19-12/h11-12H,3-10H2,1-2H3,(H,16,17,18). The first-order valence-corrected chi connectivity index (χ1v) is 7.67. The quantitative estimate of drug-likeness (QED) is 0.831. The third-order valence-corrected chi connectivity index (χ3v) is 3.43. The summed E-state index contributed by atoms with van der Waals surface area (Å²) in [5, 5.41) is 3.28. The van der Waals surface area contributed by atoms with Crippen molar-refractivity contribution in [3.8, 4) is 5.88 Å². The molecule has 1 aliphatic heterocycles. The van der Waals surface area contributed by atoms with Gasteiger partial charge in [-0.05, 0) is 32.6 Å². The fraction of sp³-hybridized carbons (Fsp3) is 0.733. The smallest absolute Gasteiger partial charge is 0.221 e. The zero-order chi connectivity index (χ0) is 14.2. The Bertz CT molecular complexity index is 406. The Hall–Kier alpha value is -1.36. The Balaban J connectivity index is 2.02. The summed E-state index contributed by atoms with van der Waals surface area (Å²) >= 11 is 0. The molecule has 1 saturated heterocycles. The van der Waals surface area contributed by atoms with Crippen molar-refractivity contribution in [3.05, 3.63) is 11.9 Å². The molecule has 20 heavy (non-hydrogen) atoms. The largest absolute Gasteiger partial charge is 0.475 e. The van der Waals surface area contributed by atoms with Crippen LogP contribution in [0, 0.1) is 0 Å². The molecule has 112 valence electrons. The van der Waals surface area contributed by atoms with Crippen LogP contribution in [0.5, 0.6) is 5.88 Å². The molecule has 1 unspecified atom stereocenters. The highest BCUT2D eigenvalue weighted by Crippen LogP contribution is 2.24. The average molecular weight is 279 g/mol. The first-order valence-electron chi connectivity index (χ1n) is 7.67. The summed E-state index contributed by atoms with van der Waals surface area (Å²) in [6, 6.07) is 0. The molecule has 1 aliphatic rings. The van der Waals surface area contributed by atoms with Crippen molar-refractivity contribution in [2.24, 2.45) is 0 Å². The van der Waals surface area contributed by atoms with Crippen molar-refractivity contribution in [1.29, 1.82) is 0 Å². The van der Waals surface area contributed by atoms with E-state index < -0.39 is 0 Å². The summed E-state index contributed by atoms with van der Waals surface area (Å²) in [6.45, 7) is 6.49. The average Bonchev–Trinajstić information content (AvgIpc) is 2.49. The summed E-state index contributed by atoms with van der Waals surface area (Å²) in [5.41, 5.74) is 1.08. The second-order valence-corrected chi connectivity index (χ2v) is 5.09. The molecule has 0 saturated carbocycles. The topological polar surface area (TPSA) is 56.3 Å². The minimum absolute atomic E-state index is 0.204. The molecule has 1 N–H and O–H groups in total. The van der Waals surface area contributed by atoms with E-state index in [-0.39, 0.29) is 6.10 Å². The number of hydrogen-bond acceptors (Lipinski definition) is 5. The van der Waals surface area contributed by atoms with Crippen molar-refractivity contribution in [2.75, 3.05) is 25.1 Å². The molecule has 1 fully saturated rings. The zero-order valence-electron chi connectivity index (χ0n) is 12.5. The van der Waals surface area contributed by atoms with Gasteiger partial charge in [0, 0.05) is 13.2 Å². The van der Waals surface area contributed by atoms with Gasteiger partial charge in [0.1, 0.15) is 18.8 Å². The molecule has 2 heterocycles. The van der Waals surface area contributed by atoms with Gasteiger partial charge in [-0.1, -0.05) is 13.3 Å². The Morgan fingerprint density at radius 2 is 2.25 bits per heavy atom. The van der Waals surface area contributed by atoms with Gasteiger partial charge in [0.15, 0.2) is 0 Å². The first-order chi connectivity index (χ1) is 9.85. The van der Waals surface area contributed by atoms with Crippen LogP contribution in [0.3, 0.4) is 0 Å². The van der Waals surface area contributed by atoms with Crippen LogP contribution in [-0.4, -0.2) is 35.8 Å². The lowest BCUT2D eigenvalue weighted by atomic mass is 10.1. The predicted octanol–water partition coefficient (Wildman–Crippen LogP) is 2.81. The van der Waals surface area contributed by atoms with Crippen LogP contribution in [0.1, 0.15) is 45.1 Å². The minimum atomic E-state index is 0.204. The van der Waals surface area contributed by atoms with E-state index in [1.54, 1.807) is 6.33 Å². The van der Waals surface area contributed by atoms with Crippen molar-refractivity contribution in [1.82, 2.24) is 9.97 Å². The van der Waals surface area contributed by atoms with E-state index >= 15 is 0 Å². The van der Waals surface area contributed by atoms with Gasteiger partial charge in [-0.3, -0.25) is 0 Å². The minimum Gasteiger partial charge on any atom is -0.475 e. The van der Waals surface area contributed by atoms with Crippen molar-refractivity contribution in [2.45, 2.75) is 52.1 Å². The molecule has 5 heteroatoms. The monoisotopic (exact) mass is 279 g/mol. The maximum atomic E-state index is 5.90. The predicted molar refractivity (Wildman–Crippen MR) is 79.3 cm³/mol. The van der Waals surface area contributed by atoms with Gasteiger partial charge in [0.25, 0.3) is 0 Å². The molecule has 0 amide bonds. The highest BCUT2D eigenvalue weighted by Gasteiger charge is 2.17. The SMILES string of the molecule is CCCc1c(NCC)ncnc1OCC1CCCCO1. The van der Waals surface area contributed by atoms with Crippen LogP contribution in [0.2, 0.25) is 0 Å². The van der Waals surface area contributed by atoms with Crippen molar-refractivity contribution < 1.29 is 9.47 Å². The molecule has 1 aromatic heterocycles. The van der Waals surface area contributed by atoms with Gasteiger partial charge in [-0.25, -0.2) is 9.97 Å². The van der Waals surface area contributed by atoms with Crippen molar-refractivity contribution in [3.63, 3.8) is 0 Å². The Morgan fingerprint density at radius 3 is 2.95 bits per heavy atom. The Morgan fingerprint density at radius 1 is 1.35 bits per heavy atom. The van der Waals surface area contributed by atoms with E-state index in [2.05, 4.69) is 29.1 Å². The summed E-state index contributed by atoms with van der Waals surface area (Å²) in [6.07, 6.45) is 7.20. The lowest BCUT2D eigenvalue weighted by Gasteiger charge is -2.23. The second-order valence-electron chi connectivity index (χ2n) is 5.09. The molecule has 0 radical (unpaired) electrons. The van der Waals surface area contributed by atoms with E-state index in [0.29, 0.717) is 12.5 Å². The Labute approximate surface area is 121 Å². The molecule has 0 bridgehead atoms. The summed E-state index contributed by atoms with van der Waals surface area (Å²) in [7, 11) is 0. The summed E-state index contributed by atoms with van der Waals surface area (Å²) in [4.78, 5) is 8.60. The summed E-state index contributed by atoms with van der Waals surface area (Å²) in [5.74, 6) is 1.59. The third kappa shape index (κ3) is 4.07. The molecule has 5 nitrogen and oxygen atoms in total. The first kappa shape index (κ1) is 15.0. The number of ether oxygens (including phenoxy) is 2.